The molecule has 1 heterocycles. The Kier molecular flexibility index (Phi) is 5.37. The predicted molar refractivity (Wildman–Crippen MR) is 106 cm³/mol. The van der Waals surface area contributed by atoms with E-state index in [4.69, 9.17) is 9.26 Å². The van der Waals surface area contributed by atoms with Crippen molar-refractivity contribution in [3.8, 4) is 17.1 Å². The van der Waals surface area contributed by atoms with Crippen LogP contribution in [0, 0.1) is 0 Å². The van der Waals surface area contributed by atoms with Gasteiger partial charge in [0.2, 0.25) is 17.6 Å². The third kappa shape index (κ3) is 4.22. The molecule has 4 rings (SSSR count). The zero-order chi connectivity index (χ0) is 19.3. The molecule has 2 aromatic carbocycles. The fraction of sp³-hybridized carbons (Fsp3) is 0.318. The van der Waals surface area contributed by atoms with Crippen LogP contribution in [0.25, 0.3) is 11.4 Å². The number of hydrogen-bond acceptors (Lipinski definition) is 5. The van der Waals surface area contributed by atoms with Gasteiger partial charge in [-0.25, -0.2) is 0 Å². The maximum absolute atomic E-state index is 12.4. The summed E-state index contributed by atoms with van der Waals surface area (Å²) in [6.45, 7) is 0. The highest BCUT2D eigenvalue weighted by molar-refractivity contribution is 5.92. The lowest BCUT2D eigenvalue weighted by molar-refractivity contribution is -0.115. The Labute approximate surface area is 163 Å². The van der Waals surface area contributed by atoms with E-state index < -0.39 is 0 Å². The van der Waals surface area contributed by atoms with Crippen LogP contribution in [0.15, 0.2) is 53.1 Å². The van der Waals surface area contributed by atoms with Crippen molar-refractivity contribution in [2.75, 3.05) is 12.4 Å². The molecule has 0 bridgehead atoms. The average Bonchev–Trinajstić information content (AvgIpc) is 3.40. The van der Waals surface area contributed by atoms with Crippen molar-refractivity contribution in [1.29, 1.82) is 0 Å². The summed E-state index contributed by atoms with van der Waals surface area (Å²) in [6, 6.07) is 15.0. The van der Waals surface area contributed by atoms with Crippen LogP contribution in [0.3, 0.4) is 0 Å². The van der Waals surface area contributed by atoms with Gasteiger partial charge in [-0.2, -0.15) is 4.98 Å². The van der Waals surface area contributed by atoms with Gasteiger partial charge in [-0.1, -0.05) is 42.3 Å². The molecule has 1 aliphatic rings. The molecule has 1 fully saturated rings. The van der Waals surface area contributed by atoms with Crippen LogP contribution < -0.4 is 10.1 Å². The quantitative estimate of drug-likeness (QED) is 0.680. The van der Waals surface area contributed by atoms with Crippen LogP contribution in [0.1, 0.15) is 43.1 Å². The Morgan fingerprint density at radius 2 is 1.96 bits per heavy atom. The van der Waals surface area contributed by atoms with Crippen molar-refractivity contribution in [1.82, 2.24) is 10.1 Å². The lowest BCUT2D eigenvalue weighted by atomic mass is 10.1. The summed E-state index contributed by atoms with van der Waals surface area (Å²) in [5, 5.41) is 7.06. The molecule has 0 radical (unpaired) electrons. The highest BCUT2D eigenvalue weighted by Crippen LogP contribution is 2.34. The molecule has 1 amide bonds. The summed E-state index contributed by atoms with van der Waals surface area (Å²) in [4.78, 5) is 16.9. The summed E-state index contributed by atoms with van der Waals surface area (Å²) in [5.41, 5.74) is 2.47. The number of anilines is 1. The third-order valence-corrected chi connectivity index (χ3v) is 5.07. The monoisotopic (exact) mass is 377 g/mol. The number of hydrogen-bond donors (Lipinski definition) is 1. The average molecular weight is 377 g/mol. The molecule has 0 aliphatic heterocycles. The maximum atomic E-state index is 12.4. The first kappa shape index (κ1) is 18.2. The van der Waals surface area contributed by atoms with E-state index in [1.54, 1.807) is 7.11 Å². The standard InChI is InChI=1S/C22H23N3O3/c1-27-19-11-9-15(10-12-19)13-20(26)23-18-8-4-7-17(14-18)21-24-22(28-25-21)16-5-2-3-6-16/h4,7-12,14,16H,2-3,5-6,13H2,1H3,(H,23,26). The smallest absolute Gasteiger partial charge is 0.230 e. The van der Waals surface area contributed by atoms with Gasteiger partial charge in [0.1, 0.15) is 5.75 Å². The number of ether oxygens (including phenoxy) is 1. The lowest BCUT2D eigenvalue weighted by Gasteiger charge is -2.07. The number of carbonyl (C=O) groups is 1. The van der Waals surface area contributed by atoms with E-state index in [0.29, 0.717) is 23.9 Å². The molecule has 28 heavy (non-hydrogen) atoms. The number of methoxy groups -OCH3 is 1. The molecule has 144 valence electrons. The summed E-state index contributed by atoms with van der Waals surface area (Å²) in [7, 11) is 1.62. The molecule has 1 aromatic heterocycles. The molecule has 0 atom stereocenters. The maximum Gasteiger partial charge on any atom is 0.230 e. The van der Waals surface area contributed by atoms with Gasteiger partial charge in [-0.05, 0) is 42.7 Å². The summed E-state index contributed by atoms with van der Waals surface area (Å²) in [6.07, 6.45) is 4.96. The molecule has 1 N–H and O–H groups in total. The van der Waals surface area contributed by atoms with Gasteiger partial charge in [0.15, 0.2) is 0 Å². The van der Waals surface area contributed by atoms with E-state index in [2.05, 4.69) is 15.5 Å². The minimum atomic E-state index is -0.0814. The van der Waals surface area contributed by atoms with Crippen molar-refractivity contribution in [3.63, 3.8) is 0 Å². The minimum Gasteiger partial charge on any atom is -0.497 e. The van der Waals surface area contributed by atoms with Gasteiger partial charge in [-0.3, -0.25) is 4.79 Å². The number of carbonyl (C=O) groups excluding carboxylic acids is 1. The second-order valence-electron chi connectivity index (χ2n) is 7.09. The van der Waals surface area contributed by atoms with Crippen molar-refractivity contribution >= 4 is 11.6 Å². The Hall–Kier alpha value is -3.15. The number of benzene rings is 2. The van der Waals surface area contributed by atoms with Gasteiger partial charge in [0.25, 0.3) is 0 Å². The third-order valence-electron chi connectivity index (χ3n) is 5.07. The first-order valence-corrected chi connectivity index (χ1v) is 9.58. The zero-order valence-electron chi connectivity index (χ0n) is 15.9. The Balaban J connectivity index is 1.42. The number of rotatable bonds is 6. The van der Waals surface area contributed by atoms with Gasteiger partial charge < -0.3 is 14.6 Å². The van der Waals surface area contributed by atoms with Crippen molar-refractivity contribution in [2.24, 2.45) is 0 Å². The Morgan fingerprint density at radius 3 is 2.71 bits per heavy atom. The molecular formula is C22H23N3O3. The van der Waals surface area contributed by atoms with E-state index >= 15 is 0 Å². The molecule has 3 aromatic rings. The normalized spacial score (nSPS) is 14.2. The van der Waals surface area contributed by atoms with Crippen LogP contribution >= 0.6 is 0 Å². The van der Waals surface area contributed by atoms with E-state index in [-0.39, 0.29) is 5.91 Å². The number of nitrogens with one attached hydrogen (secondary N) is 1. The fourth-order valence-corrected chi connectivity index (χ4v) is 3.56. The van der Waals surface area contributed by atoms with Crippen LogP contribution in [0.2, 0.25) is 0 Å². The molecule has 6 heteroatoms. The van der Waals surface area contributed by atoms with Crippen molar-refractivity contribution < 1.29 is 14.1 Å². The molecular weight excluding hydrogens is 354 g/mol. The predicted octanol–water partition coefficient (Wildman–Crippen LogP) is 4.58. The van der Waals surface area contributed by atoms with Crippen molar-refractivity contribution in [2.45, 2.75) is 38.0 Å². The topological polar surface area (TPSA) is 77.2 Å². The van der Waals surface area contributed by atoms with E-state index in [9.17, 15) is 4.79 Å². The van der Waals surface area contributed by atoms with Crippen LogP contribution in [-0.2, 0) is 11.2 Å². The van der Waals surface area contributed by atoms with Crippen LogP contribution in [0.4, 0.5) is 5.69 Å². The van der Waals surface area contributed by atoms with E-state index in [1.807, 2.05) is 48.5 Å². The molecule has 0 saturated heterocycles. The summed E-state index contributed by atoms with van der Waals surface area (Å²) >= 11 is 0. The number of amides is 1. The Morgan fingerprint density at radius 1 is 1.18 bits per heavy atom. The molecule has 1 aliphatic carbocycles. The van der Waals surface area contributed by atoms with Gasteiger partial charge in [-0.15, -0.1) is 0 Å². The fourth-order valence-electron chi connectivity index (χ4n) is 3.56. The van der Waals surface area contributed by atoms with Crippen LogP contribution in [0.5, 0.6) is 5.75 Å². The molecule has 1 saturated carbocycles. The zero-order valence-corrected chi connectivity index (χ0v) is 15.9. The molecule has 6 nitrogen and oxygen atoms in total. The number of aromatic nitrogens is 2. The molecule has 0 unspecified atom stereocenters. The molecule has 0 spiro atoms. The highest BCUT2D eigenvalue weighted by Gasteiger charge is 2.23. The van der Waals surface area contributed by atoms with E-state index in [1.165, 1.54) is 12.8 Å². The van der Waals surface area contributed by atoms with Gasteiger partial charge >= 0.3 is 0 Å². The van der Waals surface area contributed by atoms with E-state index in [0.717, 1.165) is 35.6 Å². The first-order chi connectivity index (χ1) is 13.7. The summed E-state index contributed by atoms with van der Waals surface area (Å²) < 4.78 is 10.6. The largest absolute Gasteiger partial charge is 0.497 e. The van der Waals surface area contributed by atoms with Crippen LogP contribution in [-0.4, -0.2) is 23.2 Å². The first-order valence-electron chi connectivity index (χ1n) is 9.58. The van der Waals surface area contributed by atoms with Gasteiger partial charge in [0, 0.05) is 17.2 Å². The minimum absolute atomic E-state index is 0.0814. The Bertz CT molecular complexity index is 944. The highest BCUT2D eigenvalue weighted by atomic mass is 16.5. The number of nitrogens with zero attached hydrogens (tertiary/aromatic N) is 2. The van der Waals surface area contributed by atoms with Crippen molar-refractivity contribution in [3.05, 3.63) is 60.0 Å². The summed E-state index contributed by atoms with van der Waals surface area (Å²) in [5.74, 6) is 2.36. The lowest BCUT2D eigenvalue weighted by Crippen LogP contribution is -2.14. The second kappa shape index (κ2) is 8.25. The SMILES string of the molecule is COc1ccc(CC(=O)Nc2cccc(-c3noc(C4CCCC4)n3)c2)cc1. The second-order valence-corrected chi connectivity index (χ2v) is 7.09. The van der Waals surface area contributed by atoms with Gasteiger partial charge in [0.05, 0.1) is 13.5 Å².